The molecule has 0 aliphatic rings. The summed E-state index contributed by atoms with van der Waals surface area (Å²) in [5, 5.41) is 11.5. The molecule has 0 saturated carbocycles. The van der Waals surface area contributed by atoms with E-state index < -0.39 is 0 Å². The third-order valence-corrected chi connectivity index (χ3v) is 2.92. The highest BCUT2D eigenvalue weighted by atomic mass is 32.2. The highest BCUT2D eigenvalue weighted by molar-refractivity contribution is 7.99. The summed E-state index contributed by atoms with van der Waals surface area (Å²) in [6.07, 6.45) is 1.66. The zero-order chi connectivity index (χ0) is 10.1. The van der Waals surface area contributed by atoms with E-state index in [2.05, 4.69) is 15.4 Å². The van der Waals surface area contributed by atoms with Gasteiger partial charge in [-0.15, -0.1) is 0 Å². The molecule has 1 aromatic carbocycles. The molecule has 0 radical (unpaired) electrons. The van der Waals surface area contributed by atoms with Gasteiger partial charge in [-0.05, 0) is 30.3 Å². The maximum atomic E-state index is 5.25. The van der Waals surface area contributed by atoms with E-state index in [-0.39, 0.29) is 0 Å². The van der Waals surface area contributed by atoms with Crippen LogP contribution >= 0.6 is 11.8 Å². The normalized spacial score (nSPS) is 10.9. The molecule has 74 valence electrons. The van der Waals surface area contributed by atoms with Crippen LogP contribution in [0.2, 0.25) is 0 Å². The summed E-state index contributed by atoms with van der Waals surface area (Å²) in [5.74, 6) is 0. The Hall–Kier alpha value is -1.75. The Balaban J connectivity index is 1.97. The molecule has 0 bridgehead atoms. The molecule has 0 spiro atoms. The summed E-state index contributed by atoms with van der Waals surface area (Å²) >= 11 is 1.56. The molecule has 0 aliphatic carbocycles. The van der Waals surface area contributed by atoms with Crippen LogP contribution < -0.4 is 0 Å². The Labute approximate surface area is 89.7 Å². The number of hydrogen-bond acceptors (Lipinski definition) is 4. The number of nitrogens with zero attached hydrogens (tertiary/aromatic N) is 2. The number of furan rings is 1. The minimum atomic E-state index is 0.867. The van der Waals surface area contributed by atoms with Crippen molar-refractivity contribution in [1.82, 2.24) is 15.4 Å². The van der Waals surface area contributed by atoms with E-state index in [4.69, 9.17) is 4.42 Å². The molecule has 1 N–H and O–H groups in total. The molecule has 0 unspecified atom stereocenters. The van der Waals surface area contributed by atoms with Gasteiger partial charge in [0.05, 0.1) is 6.26 Å². The Morgan fingerprint density at radius 2 is 2.07 bits per heavy atom. The van der Waals surface area contributed by atoms with Crippen LogP contribution in [0.25, 0.3) is 11.0 Å². The van der Waals surface area contributed by atoms with Gasteiger partial charge >= 0.3 is 0 Å². The van der Waals surface area contributed by atoms with Crippen molar-refractivity contribution in [3.8, 4) is 0 Å². The van der Waals surface area contributed by atoms with Crippen molar-refractivity contribution in [2.24, 2.45) is 0 Å². The molecular weight excluding hydrogens is 210 g/mol. The standard InChI is InChI=1S/C10H7N3OS/c1-2-10(14-5-1)15-7-3-4-8-9(6-7)12-13-11-8/h1-6H,(H,11,12,13). The first-order chi connectivity index (χ1) is 7.42. The lowest BCUT2D eigenvalue weighted by atomic mass is 10.3. The van der Waals surface area contributed by atoms with Crippen molar-refractivity contribution in [1.29, 1.82) is 0 Å². The topological polar surface area (TPSA) is 54.7 Å². The van der Waals surface area contributed by atoms with E-state index in [0.29, 0.717) is 0 Å². The lowest BCUT2D eigenvalue weighted by Crippen LogP contribution is -1.72. The highest BCUT2D eigenvalue weighted by Gasteiger charge is 2.03. The Morgan fingerprint density at radius 3 is 2.93 bits per heavy atom. The first kappa shape index (κ1) is 8.55. The fourth-order valence-corrected chi connectivity index (χ4v) is 2.11. The SMILES string of the molecule is c1coc(Sc2ccc3n[nH]nc3c2)c1. The predicted octanol–water partition coefficient (Wildman–Crippen LogP) is 2.70. The molecule has 0 amide bonds. The van der Waals surface area contributed by atoms with Crippen molar-refractivity contribution in [3.63, 3.8) is 0 Å². The Morgan fingerprint density at radius 1 is 1.13 bits per heavy atom. The van der Waals surface area contributed by atoms with Crippen LogP contribution in [0.1, 0.15) is 0 Å². The van der Waals surface area contributed by atoms with E-state index in [1.807, 2.05) is 30.3 Å². The van der Waals surface area contributed by atoms with E-state index >= 15 is 0 Å². The number of nitrogens with one attached hydrogen (secondary N) is 1. The number of hydrogen-bond donors (Lipinski definition) is 1. The highest BCUT2D eigenvalue weighted by Crippen LogP contribution is 2.29. The molecule has 0 fully saturated rings. The number of rotatable bonds is 2. The zero-order valence-electron chi connectivity index (χ0n) is 7.68. The summed E-state index contributed by atoms with van der Waals surface area (Å²) in [6, 6.07) is 9.71. The number of aromatic nitrogens is 3. The minimum absolute atomic E-state index is 0.867. The van der Waals surface area contributed by atoms with E-state index in [0.717, 1.165) is 21.0 Å². The number of aromatic amines is 1. The molecule has 5 heteroatoms. The van der Waals surface area contributed by atoms with Gasteiger partial charge in [-0.1, -0.05) is 11.8 Å². The smallest absolute Gasteiger partial charge is 0.164 e. The minimum Gasteiger partial charge on any atom is -0.458 e. The summed E-state index contributed by atoms with van der Waals surface area (Å²) < 4.78 is 5.25. The van der Waals surface area contributed by atoms with E-state index in [1.54, 1.807) is 18.0 Å². The molecule has 3 aromatic rings. The average Bonchev–Trinajstić information content (AvgIpc) is 2.87. The lowest BCUT2D eigenvalue weighted by Gasteiger charge is -1.96. The second-order valence-electron chi connectivity index (χ2n) is 3.01. The van der Waals surface area contributed by atoms with Gasteiger partial charge in [0.25, 0.3) is 0 Å². The summed E-state index contributed by atoms with van der Waals surface area (Å²) in [5.41, 5.74) is 1.74. The van der Waals surface area contributed by atoms with Gasteiger partial charge in [0.15, 0.2) is 5.09 Å². The van der Waals surface area contributed by atoms with Crippen molar-refractivity contribution in [2.45, 2.75) is 9.99 Å². The van der Waals surface area contributed by atoms with Gasteiger partial charge in [-0.3, -0.25) is 0 Å². The van der Waals surface area contributed by atoms with Crippen molar-refractivity contribution < 1.29 is 4.42 Å². The first-order valence-electron chi connectivity index (χ1n) is 4.44. The van der Waals surface area contributed by atoms with Crippen molar-refractivity contribution >= 4 is 22.8 Å². The van der Waals surface area contributed by atoms with Crippen LogP contribution in [0, 0.1) is 0 Å². The van der Waals surface area contributed by atoms with Crippen LogP contribution in [-0.2, 0) is 0 Å². The van der Waals surface area contributed by atoms with Crippen LogP contribution in [-0.4, -0.2) is 15.4 Å². The fourth-order valence-electron chi connectivity index (χ4n) is 1.32. The maximum absolute atomic E-state index is 5.25. The van der Waals surface area contributed by atoms with Crippen LogP contribution in [0.3, 0.4) is 0 Å². The van der Waals surface area contributed by atoms with Gasteiger partial charge in [0.1, 0.15) is 11.0 Å². The van der Waals surface area contributed by atoms with Crippen LogP contribution in [0.4, 0.5) is 0 Å². The van der Waals surface area contributed by atoms with Gasteiger partial charge in [-0.2, -0.15) is 15.4 Å². The third-order valence-electron chi connectivity index (χ3n) is 2.00. The van der Waals surface area contributed by atoms with E-state index in [1.165, 1.54) is 0 Å². The average molecular weight is 217 g/mol. The molecular formula is C10H7N3OS. The monoisotopic (exact) mass is 217 g/mol. The first-order valence-corrected chi connectivity index (χ1v) is 5.25. The summed E-state index contributed by atoms with van der Waals surface area (Å²) in [7, 11) is 0. The molecule has 2 aromatic heterocycles. The van der Waals surface area contributed by atoms with Crippen molar-refractivity contribution in [3.05, 3.63) is 36.6 Å². The molecule has 0 aliphatic heterocycles. The van der Waals surface area contributed by atoms with Crippen LogP contribution in [0.5, 0.6) is 0 Å². The van der Waals surface area contributed by atoms with Gasteiger partial charge < -0.3 is 4.42 Å². The molecule has 0 saturated heterocycles. The number of H-pyrrole nitrogens is 1. The number of benzene rings is 1. The van der Waals surface area contributed by atoms with Gasteiger partial charge in [0, 0.05) is 4.90 Å². The third kappa shape index (κ3) is 1.61. The predicted molar refractivity (Wildman–Crippen MR) is 56.7 cm³/mol. The zero-order valence-corrected chi connectivity index (χ0v) is 8.49. The molecule has 15 heavy (non-hydrogen) atoms. The molecule has 3 rings (SSSR count). The van der Waals surface area contributed by atoms with Crippen LogP contribution in [0.15, 0.2) is 51.0 Å². The lowest BCUT2D eigenvalue weighted by molar-refractivity contribution is 0.474. The second kappa shape index (κ2) is 3.43. The van der Waals surface area contributed by atoms with Gasteiger partial charge in [0.2, 0.25) is 0 Å². The quantitative estimate of drug-likeness (QED) is 0.717. The van der Waals surface area contributed by atoms with Crippen molar-refractivity contribution in [2.75, 3.05) is 0 Å². The largest absolute Gasteiger partial charge is 0.458 e. The van der Waals surface area contributed by atoms with E-state index in [9.17, 15) is 0 Å². The Bertz CT molecular complexity index is 573. The Kier molecular flexibility index (Phi) is 1.96. The molecule has 0 atom stereocenters. The summed E-state index contributed by atoms with van der Waals surface area (Å²) in [6.45, 7) is 0. The van der Waals surface area contributed by atoms with Gasteiger partial charge in [-0.25, -0.2) is 0 Å². The second-order valence-corrected chi connectivity index (χ2v) is 4.09. The maximum Gasteiger partial charge on any atom is 0.164 e. The molecule has 4 nitrogen and oxygen atoms in total. The fraction of sp³-hybridized carbons (Fsp3) is 0. The number of fused-ring (bicyclic) bond motifs is 1. The summed E-state index contributed by atoms with van der Waals surface area (Å²) in [4.78, 5) is 1.09. The molecule has 2 heterocycles.